The van der Waals surface area contributed by atoms with Crippen LogP contribution in [-0.2, 0) is 14.3 Å². The Morgan fingerprint density at radius 1 is 1.00 bits per heavy atom. The highest BCUT2D eigenvalue weighted by Gasteiger charge is 2.54. The van der Waals surface area contributed by atoms with E-state index in [1.807, 2.05) is 48.5 Å². The van der Waals surface area contributed by atoms with Crippen molar-refractivity contribution in [2.45, 2.75) is 30.9 Å². The Balaban J connectivity index is 0.00000267. The number of hydrogen-bond acceptors (Lipinski definition) is 6. The van der Waals surface area contributed by atoms with Gasteiger partial charge in [-0.05, 0) is 12.1 Å². The van der Waals surface area contributed by atoms with Crippen molar-refractivity contribution in [1.29, 1.82) is 0 Å². The Bertz CT molecular complexity index is 1230. The van der Waals surface area contributed by atoms with Crippen LogP contribution in [0.25, 0.3) is 0 Å². The first-order chi connectivity index (χ1) is 17.1. The van der Waals surface area contributed by atoms with E-state index in [1.165, 1.54) is 0 Å². The van der Waals surface area contributed by atoms with Gasteiger partial charge in [-0.3, -0.25) is 19.6 Å². The number of esters is 1. The number of para-hydroxylation sites is 2. The van der Waals surface area contributed by atoms with Gasteiger partial charge in [-0.2, -0.15) is 0 Å². The zero-order chi connectivity index (χ0) is 24.0. The minimum absolute atomic E-state index is 0. The number of piperidine rings is 3. The van der Waals surface area contributed by atoms with E-state index in [1.54, 1.807) is 18.6 Å². The van der Waals surface area contributed by atoms with Gasteiger partial charge in [0.2, 0.25) is 6.04 Å². The number of aromatic nitrogens is 2. The molecule has 0 spiro atoms. The van der Waals surface area contributed by atoms with E-state index < -0.39 is 17.9 Å². The zero-order valence-electron chi connectivity index (χ0n) is 19.6. The normalized spacial score (nSPS) is 24.9. The van der Waals surface area contributed by atoms with Crippen molar-refractivity contribution in [3.8, 4) is 11.5 Å². The molecule has 36 heavy (non-hydrogen) atoms. The summed E-state index contributed by atoms with van der Waals surface area (Å²) in [6.07, 6.45) is 6.20. The summed E-state index contributed by atoms with van der Waals surface area (Å²) in [5, 5.41) is 0. The Hall–Kier alpha value is -3.30. The molecule has 7 rings (SSSR count). The number of halogens is 1. The second-order valence-electron chi connectivity index (χ2n) is 9.71. The molecule has 0 radical (unpaired) electrons. The maximum atomic E-state index is 13.7. The number of rotatable bonds is 5. The number of nitrogens with two attached hydrogens (primary N) is 1. The summed E-state index contributed by atoms with van der Waals surface area (Å²) < 4.78 is 12.8. The van der Waals surface area contributed by atoms with Gasteiger partial charge in [0.15, 0.2) is 6.10 Å². The highest BCUT2D eigenvalue weighted by Crippen LogP contribution is 2.46. The maximum absolute atomic E-state index is 13.7. The van der Waals surface area contributed by atoms with Crippen LogP contribution in [-0.4, -0.2) is 52.1 Å². The minimum atomic E-state index is -0.615. The van der Waals surface area contributed by atoms with E-state index in [4.69, 9.17) is 15.2 Å². The van der Waals surface area contributed by atoms with Crippen LogP contribution in [0.3, 0.4) is 0 Å². The molecule has 2 bridgehead atoms. The highest BCUT2D eigenvalue weighted by molar-refractivity contribution is 5.85. The van der Waals surface area contributed by atoms with E-state index >= 15 is 0 Å². The van der Waals surface area contributed by atoms with Crippen LogP contribution in [0.15, 0.2) is 67.1 Å². The number of carbonyl (C=O) groups is 2. The van der Waals surface area contributed by atoms with Crippen molar-refractivity contribution in [3.05, 3.63) is 83.9 Å². The van der Waals surface area contributed by atoms with E-state index in [2.05, 4.69) is 9.97 Å². The molecule has 2 atom stereocenters. The van der Waals surface area contributed by atoms with Gasteiger partial charge in [0.05, 0.1) is 19.3 Å². The monoisotopic (exact) mass is 550 g/mol. The third kappa shape index (κ3) is 4.06. The van der Waals surface area contributed by atoms with Crippen molar-refractivity contribution in [1.82, 2.24) is 9.97 Å². The van der Waals surface area contributed by atoms with Gasteiger partial charge in [0.1, 0.15) is 29.7 Å². The summed E-state index contributed by atoms with van der Waals surface area (Å²) >= 11 is 0. The fourth-order valence-corrected chi connectivity index (χ4v) is 6.19. The quantitative estimate of drug-likeness (QED) is 0.357. The number of ether oxygens (including phenoxy) is 2. The lowest BCUT2D eigenvalue weighted by atomic mass is 9.81. The molecule has 3 aromatic rings. The number of primary amides is 1. The second kappa shape index (κ2) is 9.63. The number of benzene rings is 2. The van der Waals surface area contributed by atoms with Gasteiger partial charge in [-0.1, -0.05) is 36.4 Å². The number of fused-ring (bicyclic) bond motifs is 5. The Labute approximate surface area is 219 Å². The van der Waals surface area contributed by atoms with E-state index in [0.717, 1.165) is 37.1 Å². The molecule has 5 heterocycles. The van der Waals surface area contributed by atoms with Crippen LogP contribution in [0.2, 0.25) is 0 Å². The molecular weight excluding hydrogens is 524 g/mol. The average Bonchev–Trinajstić information content (AvgIpc) is 2.88. The number of quaternary nitrogens is 1. The summed E-state index contributed by atoms with van der Waals surface area (Å²) in [6, 6.07) is 14.6. The second-order valence-corrected chi connectivity index (χ2v) is 9.71. The lowest BCUT2D eigenvalue weighted by Gasteiger charge is -2.54. The fourth-order valence-electron chi connectivity index (χ4n) is 6.19. The Morgan fingerprint density at radius 3 is 2.22 bits per heavy atom. The standard InChI is InChI=1S/C27H26N4O4.BrH/c28-26(32)25(20-15-29-11-12-30-20)31-13-9-17(10-14-31)23(16-31)35-27(33)24-18-5-1-3-7-21(18)34-22-8-4-2-6-19(22)24;/h1-8,11-12,15,17,23-25H,9-10,13-14,16H2,(H-,28,32);1H/t17?,23-,25?,31?;/m0./s1. The van der Waals surface area contributed by atoms with E-state index in [0.29, 0.717) is 28.2 Å². The molecule has 2 aromatic carbocycles. The first-order valence-electron chi connectivity index (χ1n) is 12.0. The van der Waals surface area contributed by atoms with Crippen LogP contribution in [0.1, 0.15) is 41.6 Å². The molecule has 4 aliphatic rings. The lowest BCUT2D eigenvalue weighted by Crippen LogP contribution is -3.00. The largest absolute Gasteiger partial charge is 1.00 e. The van der Waals surface area contributed by atoms with Crippen LogP contribution in [0.4, 0.5) is 0 Å². The maximum Gasteiger partial charge on any atom is 0.318 e. The van der Waals surface area contributed by atoms with E-state index in [-0.39, 0.29) is 35.0 Å². The Kier molecular flexibility index (Phi) is 6.53. The number of amides is 1. The third-order valence-electron chi connectivity index (χ3n) is 7.82. The highest BCUT2D eigenvalue weighted by atomic mass is 79.9. The molecule has 4 aliphatic heterocycles. The molecule has 186 valence electrons. The summed E-state index contributed by atoms with van der Waals surface area (Å²) in [6.45, 7) is 2.13. The number of nitrogens with zero attached hydrogens (tertiary/aromatic N) is 3. The molecule has 1 unspecified atom stereocenters. The predicted octanol–water partition coefficient (Wildman–Crippen LogP) is 0.0970. The third-order valence-corrected chi connectivity index (χ3v) is 7.82. The van der Waals surface area contributed by atoms with Gasteiger partial charge in [0, 0.05) is 42.3 Å². The molecule has 0 aliphatic carbocycles. The smallest absolute Gasteiger partial charge is 0.318 e. The molecular formula is C27H27BrN4O4. The molecule has 0 saturated carbocycles. The average molecular weight is 551 g/mol. The van der Waals surface area contributed by atoms with Crippen molar-refractivity contribution in [2.75, 3.05) is 19.6 Å². The van der Waals surface area contributed by atoms with Gasteiger partial charge >= 0.3 is 5.97 Å². The van der Waals surface area contributed by atoms with Gasteiger partial charge in [-0.25, -0.2) is 0 Å². The summed E-state index contributed by atoms with van der Waals surface area (Å²) in [5.41, 5.74) is 8.07. The molecule has 1 aromatic heterocycles. The van der Waals surface area contributed by atoms with Gasteiger partial charge in [-0.15, -0.1) is 0 Å². The SMILES string of the molecule is NC(=O)C(c1cnccn1)[N+]12CCC(CC1)[C@@H](OC(=O)C1c3ccccc3Oc3ccccc31)C2.[Br-]. The minimum Gasteiger partial charge on any atom is -1.00 e. The molecule has 3 saturated heterocycles. The first kappa shape index (κ1) is 24.4. The van der Waals surface area contributed by atoms with Crippen LogP contribution < -0.4 is 27.5 Å². The van der Waals surface area contributed by atoms with Crippen molar-refractivity contribution < 1.29 is 40.5 Å². The molecule has 1 amide bonds. The van der Waals surface area contributed by atoms with Crippen LogP contribution >= 0.6 is 0 Å². The molecule has 8 nitrogen and oxygen atoms in total. The fraction of sp³-hybridized carbons (Fsp3) is 0.333. The molecule has 9 heteroatoms. The number of hydrogen-bond donors (Lipinski definition) is 1. The molecule has 3 fully saturated rings. The van der Waals surface area contributed by atoms with Gasteiger partial charge < -0.3 is 36.7 Å². The first-order valence-corrected chi connectivity index (χ1v) is 12.0. The van der Waals surface area contributed by atoms with Crippen LogP contribution in [0.5, 0.6) is 11.5 Å². The van der Waals surface area contributed by atoms with Crippen molar-refractivity contribution in [3.63, 3.8) is 0 Å². The Morgan fingerprint density at radius 2 is 1.64 bits per heavy atom. The van der Waals surface area contributed by atoms with Crippen LogP contribution in [0, 0.1) is 5.92 Å². The predicted molar refractivity (Wildman–Crippen MR) is 126 cm³/mol. The van der Waals surface area contributed by atoms with Crippen molar-refractivity contribution in [2.24, 2.45) is 11.7 Å². The van der Waals surface area contributed by atoms with Crippen molar-refractivity contribution >= 4 is 11.9 Å². The topological polar surface area (TPSA) is 104 Å². The van der Waals surface area contributed by atoms with E-state index in [9.17, 15) is 9.59 Å². The number of carbonyl (C=O) groups excluding carboxylic acids is 2. The zero-order valence-corrected chi connectivity index (χ0v) is 21.2. The van der Waals surface area contributed by atoms with Gasteiger partial charge in [0.25, 0.3) is 5.91 Å². The molecule has 2 N–H and O–H groups in total. The summed E-state index contributed by atoms with van der Waals surface area (Å²) in [4.78, 5) is 34.9. The summed E-state index contributed by atoms with van der Waals surface area (Å²) in [7, 11) is 0. The summed E-state index contributed by atoms with van der Waals surface area (Å²) in [5.74, 6) is 0.319. The lowest BCUT2D eigenvalue weighted by molar-refractivity contribution is -0.965.